The zero-order chi connectivity index (χ0) is 21.7. The Morgan fingerprint density at radius 3 is 2.65 bits per heavy atom. The van der Waals surface area contributed by atoms with Gasteiger partial charge in [-0.15, -0.1) is 0 Å². The van der Waals surface area contributed by atoms with E-state index in [2.05, 4.69) is 26.5 Å². The van der Waals surface area contributed by atoms with Gasteiger partial charge in [-0.25, -0.2) is 8.42 Å². The lowest BCUT2D eigenvalue weighted by molar-refractivity contribution is 0.344. The summed E-state index contributed by atoms with van der Waals surface area (Å²) >= 11 is 0. The fourth-order valence-electron chi connectivity index (χ4n) is 3.08. The van der Waals surface area contributed by atoms with Crippen molar-refractivity contribution in [2.24, 2.45) is 0 Å². The van der Waals surface area contributed by atoms with E-state index in [4.69, 9.17) is 4.74 Å². The van der Waals surface area contributed by atoms with Crippen LogP contribution in [0.5, 0.6) is 5.75 Å². The van der Waals surface area contributed by atoms with E-state index in [1.54, 1.807) is 67.1 Å². The number of anilines is 1. The average Bonchev–Trinajstić information content (AvgIpc) is 2.79. The highest BCUT2D eigenvalue weighted by Crippen LogP contribution is 2.30. The molecule has 7 heteroatoms. The number of hydrogen-bond acceptors (Lipinski definition) is 5. The van der Waals surface area contributed by atoms with Crippen LogP contribution < -0.4 is 9.46 Å². The summed E-state index contributed by atoms with van der Waals surface area (Å²) < 4.78 is 34.8. The molecule has 31 heavy (non-hydrogen) atoms. The number of hydrogen-bond donors (Lipinski definition) is 1. The molecule has 0 radical (unpaired) electrons. The van der Waals surface area contributed by atoms with Crippen molar-refractivity contribution in [2.45, 2.75) is 11.8 Å². The van der Waals surface area contributed by atoms with Gasteiger partial charge in [-0.3, -0.25) is 14.7 Å². The highest BCUT2D eigenvalue weighted by atomic mass is 32.2. The van der Waals surface area contributed by atoms with E-state index >= 15 is 0 Å². The summed E-state index contributed by atoms with van der Waals surface area (Å²) in [7, 11) is -3.93. The number of rotatable bonds is 5. The Balaban J connectivity index is 1.73. The molecule has 0 unspecified atom stereocenters. The van der Waals surface area contributed by atoms with Gasteiger partial charge in [-0.2, -0.15) is 0 Å². The van der Waals surface area contributed by atoms with Crippen molar-refractivity contribution >= 4 is 26.6 Å². The summed E-state index contributed by atoms with van der Waals surface area (Å²) in [6.07, 6.45) is 4.86. The first-order valence-corrected chi connectivity index (χ1v) is 11.1. The third-order valence-electron chi connectivity index (χ3n) is 4.46. The van der Waals surface area contributed by atoms with Crippen molar-refractivity contribution in [3.63, 3.8) is 0 Å². The zero-order valence-corrected chi connectivity index (χ0v) is 17.6. The van der Waals surface area contributed by atoms with Crippen LogP contribution >= 0.6 is 0 Å². The normalized spacial score (nSPS) is 10.9. The van der Waals surface area contributed by atoms with Crippen LogP contribution in [0.1, 0.15) is 18.1 Å². The minimum atomic E-state index is -3.93. The second-order valence-corrected chi connectivity index (χ2v) is 8.19. The minimum absolute atomic E-state index is 0.0709. The molecule has 0 atom stereocenters. The fraction of sp³-hybridized carbons (Fsp3) is 0.0833. The maximum Gasteiger partial charge on any atom is 0.264 e. The topological polar surface area (TPSA) is 81.2 Å². The van der Waals surface area contributed by atoms with Crippen molar-refractivity contribution in [1.82, 2.24) is 9.97 Å². The Morgan fingerprint density at radius 2 is 1.84 bits per heavy atom. The number of nitrogens with zero attached hydrogens (tertiary/aromatic N) is 2. The summed E-state index contributed by atoms with van der Waals surface area (Å²) in [4.78, 5) is 8.40. The minimum Gasteiger partial charge on any atom is -0.493 e. The third kappa shape index (κ3) is 4.49. The van der Waals surface area contributed by atoms with E-state index in [9.17, 15) is 8.42 Å². The van der Waals surface area contributed by atoms with Gasteiger partial charge in [0, 0.05) is 35.1 Å². The Labute approximate surface area is 181 Å². The molecule has 0 fully saturated rings. The largest absolute Gasteiger partial charge is 0.493 e. The summed E-state index contributed by atoms with van der Waals surface area (Å²) in [5, 5.41) is 0.636. The maximum absolute atomic E-state index is 13.3. The van der Waals surface area contributed by atoms with Gasteiger partial charge in [0.2, 0.25) is 0 Å². The van der Waals surface area contributed by atoms with Gasteiger partial charge in [-0.05, 0) is 49.4 Å². The van der Waals surface area contributed by atoms with Gasteiger partial charge < -0.3 is 4.74 Å². The lowest BCUT2D eigenvalue weighted by atomic mass is 10.2. The number of sulfonamides is 1. The Morgan fingerprint density at radius 1 is 0.968 bits per heavy atom. The Hall–Kier alpha value is -3.89. The number of nitrogens with one attached hydrogen (secondary N) is 1. The Bertz CT molecular complexity index is 1390. The molecule has 6 nitrogen and oxygen atoms in total. The van der Waals surface area contributed by atoms with Gasteiger partial charge in [0.25, 0.3) is 10.0 Å². The van der Waals surface area contributed by atoms with Crippen molar-refractivity contribution in [2.75, 3.05) is 11.3 Å². The molecule has 2 aromatic heterocycles. The van der Waals surface area contributed by atoms with E-state index in [-0.39, 0.29) is 4.90 Å². The first-order valence-electron chi connectivity index (χ1n) is 9.63. The van der Waals surface area contributed by atoms with Gasteiger partial charge in [-0.1, -0.05) is 30.0 Å². The SMILES string of the molecule is CCOc1ccnc2c(S(=O)(=O)Nc3ccccc3C#Cc3cccnc3)cccc12. The van der Waals surface area contributed by atoms with E-state index in [0.717, 1.165) is 5.56 Å². The lowest BCUT2D eigenvalue weighted by Crippen LogP contribution is -2.14. The molecule has 0 aliphatic heterocycles. The van der Waals surface area contributed by atoms with Crippen LogP contribution in [0, 0.1) is 11.8 Å². The predicted molar refractivity (Wildman–Crippen MR) is 120 cm³/mol. The van der Waals surface area contributed by atoms with Crippen LogP contribution in [0.25, 0.3) is 10.9 Å². The quantitative estimate of drug-likeness (QED) is 0.480. The summed E-state index contributed by atoms with van der Waals surface area (Å²) in [6, 6.07) is 17.3. The Kier molecular flexibility index (Phi) is 5.83. The molecule has 2 heterocycles. The highest BCUT2D eigenvalue weighted by Gasteiger charge is 2.20. The number of ether oxygens (including phenoxy) is 1. The highest BCUT2D eigenvalue weighted by molar-refractivity contribution is 7.93. The monoisotopic (exact) mass is 429 g/mol. The van der Waals surface area contributed by atoms with Crippen LogP contribution in [-0.4, -0.2) is 25.0 Å². The first-order chi connectivity index (χ1) is 15.1. The smallest absolute Gasteiger partial charge is 0.264 e. The molecule has 0 saturated carbocycles. The van der Waals surface area contributed by atoms with Crippen LogP contribution in [0.15, 0.2) is 84.1 Å². The zero-order valence-electron chi connectivity index (χ0n) is 16.7. The lowest BCUT2D eigenvalue weighted by Gasteiger charge is -2.13. The molecular formula is C24H19N3O3S. The molecule has 154 valence electrons. The van der Waals surface area contributed by atoms with Crippen LogP contribution in [0.4, 0.5) is 5.69 Å². The van der Waals surface area contributed by atoms with E-state index in [0.29, 0.717) is 34.5 Å². The van der Waals surface area contributed by atoms with Gasteiger partial charge in [0.15, 0.2) is 0 Å². The van der Waals surface area contributed by atoms with Gasteiger partial charge in [0.05, 0.1) is 17.8 Å². The van der Waals surface area contributed by atoms with Crippen LogP contribution in [0.2, 0.25) is 0 Å². The standard InChI is InChI=1S/C24H19N3O3S/c1-2-30-22-14-16-26-24-20(22)9-5-11-23(24)31(28,29)27-21-10-4-3-8-19(21)13-12-18-7-6-15-25-17-18/h3-11,14-17,27H,2H2,1H3. The molecule has 0 saturated heterocycles. The van der Waals surface area contributed by atoms with Crippen molar-refractivity contribution in [3.8, 4) is 17.6 Å². The molecule has 0 amide bonds. The maximum atomic E-state index is 13.3. The molecule has 2 aromatic carbocycles. The number of fused-ring (bicyclic) bond motifs is 1. The molecule has 4 rings (SSSR count). The number of para-hydroxylation sites is 2. The third-order valence-corrected chi connectivity index (χ3v) is 5.85. The predicted octanol–water partition coefficient (Wildman–Crippen LogP) is 4.23. The summed E-state index contributed by atoms with van der Waals surface area (Å²) in [6.45, 7) is 2.34. The molecule has 0 bridgehead atoms. The molecule has 0 spiro atoms. The number of pyridine rings is 2. The summed E-state index contributed by atoms with van der Waals surface area (Å²) in [5.74, 6) is 6.61. The van der Waals surface area contributed by atoms with Crippen molar-refractivity contribution in [1.29, 1.82) is 0 Å². The van der Waals surface area contributed by atoms with E-state index in [1.807, 2.05) is 13.0 Å². The van der Waals surface area contributed by atoms with Crippen LogP contribution in [-0.2, 0) is 10.0 Å². The fourth-order valence-corrected chi connectivity index (χ4v) is 4.33. The second-order valence-electron chi connectivity index (χ2n) is 6.54. The second kappa shape index (κ2) is 8.86. The van der Waals surface area contributed by atoms with Crippen molar-refractivity contribution < 1.29 is 13.2 Å². The van der Waals surface area contributed by atoms with Gasteiger partial charge in [0.1, 0.15) is 10.6 Å². The van der Waals surface area contributed by atoms with Crippen molar-refractivity contribution in [3.05, 3.63) is 90.4 Å². The van der Waals surface area contributed by atoms with Crippen LogP contribution in [0.3, 0.4) is 0 Å². The molecule has 4 aromatic rings. The molecular weight excluding hydrogens is 410 g/mol. The van der Waals surface area contributed by atoms with Gasteiger partial charge >= 0.3 is 0 Å². The molecule has 0 aliphatic rings. The number of aromatic nitrogens is 2. The molecule has 0 aliphatic carbocycles. The summed E-state index contributed by atoms with van der Waals surface area (Å²) in [5.41, 5.74) is 2.02. The van der Waals surface area contributed by atoms with E-state index in [1.165, 1.54) is 6.07 Å². The molecule has 1 N–H and O–H groups in total. The first kappa shape index (κ1) is 20.4. The average molecular weight is 430 g/mol. The van der Waals surface area contributed by atoms with E-state index < -0.39 is 10.0 Å². The number of benzene rings is 2.